The van der Waals surface area contributed by atoms with Crippen molar-refractivity contribution < 1.29 is 57.2 Å². The first-order valence-corrected chi connectivity index (χ1v) is 57.2. The number of esters is 6. The highest BCUT2D eigenvalue weighted by Gasteiger charge is 2.46. The van der Waals surface area contributed by atoms with Gasteiger partial charge in [0.15, 0.2) is 24.4 Å². The Balaban J connectivity index is 7.41. The number of hydrogen-bond donors (Lipinski definition) is 0. The number of rotatable bonds is 107. The van der Waals surface area contributed by atoms with Crippen LogP contribution in [0.4, 0.5) is 0 Å². The molecule has 0 radical (unpaired) electrons. The second-order valence-corrected chi connectivity index (χ2v) is 39.5. The molecule has 0 saturated carbocycles. The van der Waals surface area contributed by atoms with Gasteiger partial charge < -0.3 is 28.4 Å². The third-order valence-corrected chi connectivity index (χ3v) is 26.9. The van der Waals surface area contributed by atoms with Gasteiger partial charge in [-0.1, -0.05) is 581 Å². The summed E-state index contributed by atoms with van der Waals surface area (Å²) in [7, 11) is 0. The predicted octanol–water partition coefficient (Wildman–Crippen LogP) is 37.3. The molecular formula is C114H218O12. The van der Waals surface area contributed by atoms with Crippen molar-refractivity contribution >= 4 is 35.8 Å². The molecule has 0 unspecified atom stereocenters. The van der Waals surface area contributed by atoms with Crippen molar-refractivity contribution in [1.29, 1.82) is 0 Å². The van der Waals surface area contributed by atoms with E-state index in [1.165, 1.54) is 411 Å². The maximum atomic E-state index is 14.9. The molecule has 0 amide bonds. The molecule has 0 N–H and O–H groups in total. The van der Waals surface area contributed by atoms with Gasteiger partial charge in [-0.3, -0.25) is 28.8 Å². The number of carbonyl (C=O) groups excluding carboxylic acids is 6. The summed E-state index contributed by atoms with van der Waals surface area (Å²) in [6.07, 6.45) is 101. The van der Waals surface area contributed by atoms with E-state index in [2.05, 4.69) is 41.5 Å². The predicted molar refractivity (Wildman–Crippen MR) is 539 cm³/mol. The molecule has 0 bridgehead atoms. The summed E-state index contributed by atoms with van der Waals surface area (Å²) in [5.74, 6) is -3.18. The van der Waals surface area contributed by atoms with Crippen molar-refractivity contribution in [2.45, 2.75) is 682 Å². The molecule has 4 atom stereocenters. The molecule has 0 aromatic carbocycles. The Bertz CT molecular complexity index is 2080. The molecule has 0 aliphatic carbocycles. The van der Waals surface area contributed by atoms with Crippen LogP contribution in [0, 0.1) is 0 Å². The second-order valence-electron chi connectivity index (χ2n) is 39.5. The first kappa shape index (κ1) is 123. The largest absolute Gasteiger partial charge is 0.462 e. The fourth-order valence-corrected chi connectivity index (χ4v) is 18.3. The van der Waals surface area contributed by atoms with Crippen LogP contribution in [0.2, 0.25) is 0 Å². The zero-order valence-electron chi connectivity index (χ0n) is 85.5. The van der Waals surface area contributed by atoms with E-state index in [0.717, 1.165) is 128 Å². The van der Waals surface area contributed by atoms with Gasteiger partial charge in [-0.05, 0) is 38.5 Å². The zero-order chi connectivity index (χ0) is 91.3. The van der Waals surface area contributed by atoms with E-state index in [0.29, 0.717) is 38.5 Å². The van der Waals surface area contributed by atoms with Gasteiger partial charge in [-0.15, -0.1) is 0 Å². The third-order valence-electron chi connectivity index (χ3n) is 26.9. The highest BCUT2D eigenvalue weighted by atomic mass is 16.6. The lowest BCUT2D eigenvalue weighted by molar-refractivity contribution is -0.209. The normalized spacial score (nSPS) is 12.5. The van der Waals surface area contributed by atoms with Crippen LogP contribution in [0.1, 0.15) is 658 Å². The van der Waals surface area contributed by atoms with E-state index in [9.17, 15) is 28.8 Å². The molecule has 0 heterocycles. The van der Waals surface area contributed by atoms with Gasteiger partial charge in [-0.25, -0.2) is 0 Å². The van der Waals surface area contributed by atoms with Crippen LogP contribution < -0.4 is 0 Å². The number of unbranched alkanes of at least 4 members (excludes halogenated alkanes) is 84. The monoisotopic (exact) mass is 1780 g/mol. The standard InChI is InChI=1S/C114H218O12/c1-7-13-19-25-31-37-43-49-55-61-67-73-79-85-91-97-107(115)121-103-105(123-109(117)99-93-87-81-75-69-63-57-51-45-39-33-27-21-15-9-3)113(125-111(119)101-95-89-83-77-71-65-59-53-47-41-35-29-23-17-11-5)114(126-112(120)102-96-90-84-78-72-66-60-54-48-42-36-30-24-18-12-6)106(124-110(118)100-94-88-82-76-70-64-58-52-46-40-34-28-22-16-10-4)104-122-108(116)98-92-86-80-74-68-62-56-50-44-38-32-26-20-14-8-2/h105-106,113-114H,7-104H2,1-6H3/t105-,106+,113-,114-/m1/s1. The lowest BCUT2D eigenvalue weighted by Crippen LogP contribution is -2.54. The SMILES string of the molecule is CCCCCCCCCCCCCCCCCC(=O)OC[C@H](OC(=O)CCCCCCCCCCCCCCCCC)[C@@H](OC(=O)CCCCCCCCCCCCCCCCC)[C@H](OC(=O)CCCCCCCCCCCCCCCCC)[C@@H](COC(=O)CCCCCCCCCCCCCCCCC)OC(=O)CCCCCCCCCCCCCCCCC. The number of hydrogen-bond acceptors (Lipinski definition) is 12. The second kappa shape index (κ2) is 104. The van der Waals surface area contributed by atoms with E-state index in [1.807, 2.05) is 0 Å². The van der Waals surface area contributed by atoms with Crippen LogP contribution in [0.5, 0.6) is 0 Å². The lowest BCUT2D eigenvalue weighted by atomic mass is 10.0. The Kier molecular flexibility index (Phi) is 101. The molecule has 0 aromatic heterocycles. The Morgan fingerprint density at radius 3 is 0.365 bits per heavy atom. The fourth-order valence-electron chi connectivity index (χ4n) is 18.3. The molecule has 0 aliphatic heterocycles. The van der Waals surface area contributed by atoms with Crippen LogP contribution in [-0.4, -0.2) is 73.4 Å². The van der Waals surface area contributed by atoms with Crippen molar-refractivity contribution in [1.82, 2.24) is 0 Å². The highest BCUT2D eigenvalue weighted by Crippen LogP contribution is 2.28. The summed E-state index contributed by atoms with van der Waals surface area (Å²) in [5.41, 5.74) is 0. The number of carbonyl (C=O) groups is 6. The molecular weight excluding hydrogens is 1560 g/mol. The Labute approximate surface area is 784 Å². The Hall–Kier alpha value is -3.18. The lowest BCUT2D eigenvalue weighted by Gasteiger charge is -2.36. The van der Waals surface area contributed by atoms with E-state index in [1.54, 1.807) is 0 Å². The molecule has 0 rings (SSSR count). The van der Waals surface area contributed by atoms with Crippen LogP contribution in [-0.2, 0) is 57.2 Å². The fraction of sp³-hybridized carbons (Fsp3) is 0.947. The van der Waals surface area contributed by atoms with E-state index < -0.39 is 73.4 Å². The summed E-state index contributed by atoms with van der Waals surface area (Å²) in [6.45, 7) is 12.7. The minimum Gasteiger partial charge on any atom is -0.462 e. The maximum absolute atomic E-state index is 14.9. The van der Waals surface area contributed by atoms with E-state index in [4.69, 9.17) is 28.4 Å². The van der Waals surface area contributed by atoms with Crippen LogP contribution >= 0.6 is 0 Å². The molecule has 126 heavy (non-hydrogen) atoms. The van der Waals surface area contributed by atoms with Gasteiger partial charge in [0.2, 0.25) is 0 Å². The quantitative estimate of drug-likeness (QED) is 0.0323. The Morgan fingerprint density at radius 2 is 0.238 bits per heavy atom. The minimum atomic E-state index is -1.60. The van der Waals surface area contributed by atoms with E-state index in [-0.39, 0.29) is 38.5 Å². The van der Waals surface area contributed by atoms with Crippen molar-refractivity contribution in [2.75, 3.05) is 13.2 Å². The molecule has 12 nitrogen and oxygen atoms in total. The van der Waals surface area contributed by atoms with Crippen molar-refractivity contribution in [3.05, 3.63) is 0 Å². The molecule has 0 aliphatic rings. The molecule has 746 valence electrons. The minimum absolute atomic E-state index is 0.0468. The summed E-state index contributed by atoms with van der Waals surface area (Å²) in [5, 5.41) is 0. The van der Waals surface area contributed by atoms with Crippen molar-refractivity contribution in [3.8, 4) is 0 Å². The first-order chi connectivity index (χ1) is 62.1. The van der Waals surface area contributed by atoms with Gasteiger partial charge in [0.05, 0.1) is 0 Å². The summed E-state index contributed by atoms with van der Waals surface area (Å²) < 4.78 is 38.9. The molecule has 0 spiro atoms. The highest BCUT2D eigenvalue weighted by molar-refractivity contribution is 5.73. The summed E-state index contributed by atoms with van der Waals surface area (Å²) in [6, 6.07) is 0. The number of ether oxygens (including phenoxy) is 6. The van der Waals surface area contributed by atoms with Gasteiger partial charge in [0.1, 0.15) is 13.2 Å². The molecule has 0 saturated heterocycles. The van der Waals surface area contributed by atoms with Crippen LogP contribution in [0.15, 0.2) is 0 Å². The maximum Gasteiger partial charge on any atom is 0.306 e. The zero-order valence-corrected chi connectivity index (χ0v) is 85.5. The third kappa shape index (κ3) is 92.7. The molecule has 0 fully saturated rings. The smallest absolute Gasteiger partial charge is 0.306 e. The van der Waals surface area contributed by atoms with Crippen LogP contribution in [0.25, 0.3) is 0 Å². The molecule has 12 heteroatoms. The van der Waals surface area contributed by atoms with Crippen LogP contribution in [0.3, 0.4) is 0 Å². The average Bonchev–Trinajstić information content (AvgIpc) is 0.821. The first-order valence-electron chi connectivity index (χ1n) is 57.2. The average molecular weight is 1780 g/mol. The van der Waals surface area contributed by atoms with Gasteiger partial charge in [0, 0.05) is 38.5 Å². The topological polar surface area (TPSA) is 158 Å². The summed E-state index contributed by atoms with van der Waals surface area (Å²) >= 11 is 0. The van der Waals surface area contributed by atoms with E-state index >= 15 is 0 Å². The van der Waals surface area contributed by atoms with Gasteiger partial charge >= 0.3 is 35.8 Å². The van der Waals surface area contributed by atoms with Gasteiger partial charge in [0.25, 0.3) is 0 Å². The van der Waals surface area contributed by atoms with Gasteiger partial charge in [-0.2, -0.15) is 0 Å². The van der Waals surface area contributed by atoms with Crippen molar-refractivity contribution in [2.24, 2.45) is 0 Å². The Morgan fingerprint density at radius 1 is 0.135 bits per heavy atom. The summed E-state index contributed by atoms with van der Waals surface area (Å²) in [4.78, 5) is 87.6. The van der Waals surface area contributed by atoms with Crippen molar-refractivity contribution in [3.63, 3.8) is 0 Å². The molecule has 0 aromatic rings.